The third-order valence-corrected chi connectivity index (χ3v) is 8.71. The van der Waals surface area contributed by atoms with Crippen molar-refractivity contribution in [2.75, 3.05) is 63.4 Å². The summed E-state index contributed by atoms with van der Waals surface area (Å²) in [5, 5.41) is 11.9. The Hall–Kier alpha value is -2.96. The van der Waals surface area contributed by atoms with Gasteiger partial charge in [0.15, 0.2) is 5.82 Å². The van der Waals surface area contributed by atoms with Crippen molar-refractivity contribution in [1.29, 1.82) is 0 Å². The summed E-state index contributed by atoms with van der Waals surface area (Å²) < 4.78 is 11.8. The van der Waals surface area contributed by atoms with Crippen LogP contribution in [0.15, 0.2) is 16.5 Å². The third-order valence-electron chi connectivity index (χ3n) is 6.38. The van der Waals surface area contributed by atoms with Gasteiger partial charge in [0.2, 0.25) is 5.95 Å². The van der Waals surface area contributed by atoms with Crippen molar-refractivity contribution in [2.45, 2.75) is 24.0 Å². The number of ether oxygens (including phenoxy) is 2. The number of carbonyl (C=O) groups excluding carboxylic acids is 1. The van der Waals surface area contributed by atoms with E-state index in [4.69, 9.17) is 14.5 Å². The topological polar surface area (TPSA) is 106 Å². The van der Waals surface area contributed by atoms with Crippen LogP contribution < -0.4 is 15.0 Å². The van der Waals surface area contributed by atoms with E-state index in [-0.39, 0.29) is 5.97 Å². The Morgan fingerprint density at radius 1 is 1.22 bits per heavy atom. The molecule has 1 aliphatic carbocycles. The summed E-state index contributed by atoms with van der Waals surface area (Å²) in [5.74, 6) is 1.33. The van der Waals surface area contributed by atoms with Crippen LogP contribution in [0.4, 0.5) is 17.5 Å². The molecule has 0 spiro atoms. The molecule has 12 heteroatoms. The summed E-state index contributed by atoms with van der Waals surface area (Å²) in [6, 6.07) is 1.93. The minimum atomic E-state index is -0.265. The Balaban J connectivity index is 1.48. The smallest absolute Gasteiger partial charge is 0.348 e. The van der Waals surface area contributed by atoms with E-state index in [9.17, 15) is 4.79 Å². The summed E-state index contributed by atoms with van der Waals surface area (Å²) in [4.78, 5) is 27.3. The lowest BCUT2D eigenvalue weighted by atomic mass is 9.91. The number of hydrogen-bond donors (Lipinski definition) is 1. The highest BCUT2D eigenvalue weighted by molar-refractivity contribution is 8.00. The molecule has 0 atom stereocenters. The van der Waals surface area contributed by atoms with E-state index < -0.39 is 0 Å². The van der Waals surface area contributed by atoms with Gasteiger partial charge < -0.3 is 24.6 Å². The zero-order chi connectivity index (χ0) is 25.2. The Bertz CT molecular complexity index is 1270. The molecule has 0 amide bonds. The standard InChI is InChI=1S/C24H29N7O3S2/c1-5-34-22(32)20-15-7-6-14-13-25-24(27-19(14)18(15)23(35-4)36-20)26-16-12-17(28-29-21(16)33-3)31-10-8-30(2)9-11-31/h12-13H,5-11H2,1-4H3,(H,25,26,27,28). The minimum absolute atomic E-state index is 0.265. The molecule has 0 saturated carbocycles. The molecule has 190 valence electrons. The van der Waals surface area contributed by atoms with Crippen LogP contribution in [0.25, 0.3) is 11.3 Å². The highest BCUT2D eigenvalue weighted by Gasteiger charge is 2.30. The van der Waals surface area contributed by atoms with Crippen molar-refractivity contribution in [3.8, 4) is 17.1 Å². The van der Waals surface area contributed by atoms with E-state index in [2.05, 4.69) is 37.3 Å². The predicted molar refractivity (Wildman–Crippen MR) is 142 cm³/mol. The van der Waals surface area contributed by atoms with Gasteiger partial charge in [-0.15, -0.1) is 33.3 Å². The number of aryl methyl sites for hydroxylation is 1. The van der Waals surface area contributed by atoms with Crippen LogP contribution in [0.2, 0.25) is 0 Å². The van der Waals surface area contributed by atoms with Crippen molar-refractivity contribution in [3.05, 3.63) is 28.3 Å². The fourth-order valence-corrected chi connectivity index (χ4v) is 6.46. The Morgan fingerprint density at radius 3 is 2.75 bits per heavy atom. The number of thiophene rings is 1. The van der Waals surface area contributed by atoms with Gasteiger partial charge in [-0.1, -0.05) is 0 Å². The van der Waals surface area contributed by atoms with Gasteiger partial charge in [-0.3, -0.25) is 0 Å². The molecule has 3 aromatic rings. The van der Waals surface area contributed by atoms with Gasteiger partial charge in [0.05, 0.1) is 23.6 Å². The number of thioether (sulfide) groups is 1. The lowest BCUT2D eigenvalue weighted by molar-refractivity contribution is 0.0531. The average molecular weight is 528 g/mol. The number of anilines is 3. The zero-order valence-electron chi connectivity index (χ0n) is 20.8. The van der Waals surface area contributed by atoms with Crippen LogP contribution in [-0.2, 0) is 17.6 Å². The number of methoxy groups -OCH3 is 1. The normalized spacial score (nSPS) is 15.3. The summed E-state index contributed by atoms with van der Waals surface area (Å²) in [6.45, 7) is 5.88. The van der Waals surface area contributed by atoms with Gasteiger partial charge in [-0.05, 0) is 44.2 Å². The molecule has 36 heavy (non-hydrogen) atoms. The highest BCUT2D eigenvalue weighted by atomic mass is 32.2. The first-order valence-corrected chi connectivity index (χ1v) is 13.9. The molecule has 1 saturated heterocycles. The summed E-state index contributed by atoms with van der Waals surface area (Å²) in [7, 11) is 3.69. The van der Waals surface area contributed by atoms with E-state index in [1.165, 1.54) is 11.3 Å². The van der Waals surface area contributed by atoms with Crippen LogP contribution in [-0.4, -0.2) is 84.2 Å². The number of esters is 1. The van der Waals surface area contributed by atoms with E-state index in [1.807, 2.05) is 25.4 Å². The number of nitrogens with zero attached hydrogens (tertiary/aromatic N) is 6. The Labute approximate surface area is 218 Å². The van der Waals surface area contributed by atoms with Crippen molar-refractivity contribution < 1.29 is 14.3 Å². The van der Waals surface area contributed by atoms with Crippen molar-refractivity contribution >= 4 is 46.5 Å². The number of hydrogen-bond acceptors (Lipinski definition) is 12. The molecular formula is C24H29N7O3S2. The van der Waals surface area contributed by atoms with Gasteiger partial charge in [0, 0.05) is 44.0 Å². The number of carbonyl (C=O) groups is 1. The molecule has 0 unspecified atom stereocenters. The third kappa shape index (κ3) is 4.72. The van der Waals surface area contributed by atoms with Crippen LogP contribution in [0.3, 0.4) is 0 Å². The second kappa shape index (κ2) is 10.6. The van der Waals surface area contributed by atoms with Crippen LogP contribution >= 0.6 is 23.1 Å². The van der Waals surface area contributed by atoms with Gasteiger partial charge in [-0.2, -0.15) is 0 Å². The molecule has 0 radical (unpaired) electrons. The molecule has 2 aliphatic rings. The molecule has 5 rings (SSSR count). The monoisotopic (exact) mass is 527 g/mol. The molecule has 0 bridgehead atoms. The van der Waals surface area contributed by atoms with Crippen LogP contribution in [0.1, 0.15) is 27.7 Å². The van der Waals surface area contributed by atoms with Crippen molar-refractivity contribution in [3.63, 3.8) is 0 Å². The predicted octanol–water partition coefficient (Wildman–Crippen LogP) is 3.50. The second-order valence-corrected chi connectivity index (χ2v) is 10.7. The molecule has 3 aromatic heterocycles. The first-order valence-electron chi connectivity index (χ1n) is 11.9. The molecule has 4 heterocycles. The number of nitrogens with one attached hydrogen (secondary N) is 1. The first-order chi connectivity index (χ1) is 17.5. The van der Waals surface area contributed by atoms with Crippen molar-refractivity contribution in [1.82, 2.24) is 25.1 Å². The van der Waals surface area contributed by atoms with E-state index >= 15 is 0 Å². The van der Waals surface area contributed by atoms with Gasteiger partial charge in [0.1, 0.15) is 10.6 Å². The molecular weight excluding hydrogens is 498 g/mol. The number of aromatic nitrogens is 4. The minimum Gasteiger partial charge on any atom is -0.478 e. The molecule has 0 aromatic carbocycles. The van der Waals surface area contributed by atoms with E-state index in [0.29, 0.717) is 29.0 Å². The van der Waals surface area contributed by atoms with E-state index in [1.54, 1.807) is 18.9 Å². The number of piperazine rings is 1. The van der Waals surface area contributed by atoms with Crippen LogP contribution in [0.5, 0.6) is 5.88 Å². The Morgan fingerprint density at radius 2 is 2.03 bits per heavy atom. The maximum atomic E-state index is 12.6. The fourth-order valence-electron chi connectivity index (χ4n) is 4.47. The summed E-state index contributed by atoms with van der Waals surface area (Å²) >= 11 is 3.10. The summed E-state index contributed by atoms with van der Waals surface area (Å²) in [6.07, 6.45) is 5.42. The summed E-state index contributed by atoms with van der Waals surface area (Å²) in [5.41, 5.74) is 4.60. The average Bonchev–Trinajstić information content (AvgIpc) is 3.29. The van der Waals surface area contributed by atoms with Crippen LogP contribution in [0, 0.1) is 0 Å². The zero-order valence-corrected chi connectivity index (χ0v) is 22.5. The molecule has 1 aliphatic heterocycles. The first kappa shape index (κ1) is 24.7. The SMILES string of the molecule is CCOC(=O)c1sc(SC)c2c1CCc1cnc(Nc3cc(N4CCN(C)CC4)nnc3OC)nc1-2. The lowest BCUT2D eigenvalue weighted by Crippen LogP contribution is -2.44. The van der Waals surface area contributed by atoms with Gasteiger partial charge in [-0.25, -0.2) is 14.8 Å². The highest BCUT2D eigenvalue weighted by Crippen LogP contribution is 2.46. The van der Waals surface area contributed by atoms with Gasteiger partial charge >= 0.3 is 5.97 Å². The lowest BCUT2D eigenvalue weighted by Gasteiger charge is -2.33. The number of likely N-dealkylation sites (N-methyl/N-ethyl adjacent to an activating group) is 1. The Kier molecular flexibility index (Phi) is 7.26. The molecule has 1 N–H and O–H groups in total. The maximum absolute atomic E-state index is 12.6. The fraction of sp³-hybridized carbons (Fsp3) is 0.458. The van der Waals surface area contributed by atoms with Gasteiger partial charge in [0.25, 0.3) is 5.88 Å². The largest absolute Gasteiger partial charge is 0.478 e. The number of rotatable bonds is 7. The molecule has 1 fully saturated rings. The number of fused-ring (bicyclic) bond motifs is 3. The van der Waals surface area contributed by atoms with E-state index in [0.717, 1.165) is 71.4 Å². The maximum Gasteiger partial charge on any atom is 0.348 e. The second-order valence-electron chi connectivity index (χ2n) is 8.61. The van der Waals surface area contributed by atoms with Crippen molar-refractivity contribution in [2.24, 2.45) is 0 Å². The molecule has 10 nitrogen and oxygen atoms in total. The quantitative estimate of drug-likeness (QED) is 0.360.